The predicted molar refractivity (Wildman–Crippen MR) is 97.7 cm³/mol. The van der Waals surface area contributed by atoms with E-state index >= 15 is 0 Å². The zero-order valence-electron chi connectivity index (χ0n) is 14.5. The van der Waals surface area contributed by atoms with Gasteiger partial charge in [0.05, 0.1) is 5.52 Å². The normalized spacial score (nSPS) is 11.0. The molecule has 0 saturated carbocycles. The van der Waals surface area contributed by atoms with Crippen molar-refractivity contribution in [3.05, 3.63) is 69.7 Å². The van der Waals surface area contributed by atoms with Crippen molar-refractivity contribution >= 4 is 17.0 Å². The largest absolute Gasteiger partial charge is 0.419 e. The minimum Gasteiger partial charge on any atom is -0.408 e. The molecule has 0 radical (unpaired) electrons. The molecule has 0 aliphatic rings. The van der Waals surface area contributed by atoms with Crippen LogP contribution in [0, 0.1) is 6.92 Å². The Hall–Kier alpha value is -2.82. The number of hydrogen-bond donors (Lipinski definition) is 1. The molecule has 0 bridgehead atoms. The second-order valence-corrected chi connectivity index (χ2v) is 6.31. The van der Waals surface area contributed by atoms with Crippen molar-refractivity contribution in [3.63, 3.8) is 0 Å². The molecule has 130 valence electrons. The topological polar surface area (TPSA) is 64.2 Å². The maximum atomic E-state index is 12.0. The first kappa shape index (κ1) is 17.0. The zero-order chi connectivity index (χ0) is 17.8. The first-order valence-corrected chi connectivity index (χ1v) is 8.43. The van der Waals surface area contributed by atoms with Crippen LogP contribution in [0.2, 0.25) is 0 Å². The summed E-state index contributed by atoms with van der Waals surface area (Å²) in [6.45, 7) is 2.61. The van der Waals surface area contributed by atoms with Gasteiger partial charge in [0.15, 0.2) is 5.58 Å². The minimum atomic E-state index is -0.364. The number of aryl methyl sites for hydroxylation is 3. The van der Waals surface area contributed by atoms with Gasteiger partial charge in [-0.1, -0.05) is 35.9 Å². The number of carbonyl (C=O) groups is 1. The van der Waals surface area contributed by atoms with Gasteiger partial charge in [0.1, 0.15) is 0 Å². The van der Waals surface area contributed by atoms with Crippen LogP contribution < -0.4 is 11.1 Å². The average Bonchev–Trinajstić information content (AvgIpc) is 2.88. The van der Waals surface area contributed by atoms with E-state index in [1.165, 1.54) is 15.7 Å². The first-order chi connectivity index (χ1) is 12.0. The maximum absolute atomic E-state index is 12.0. The highest BCUT2D eigenvalue weighted by molar-refractivity contribution is 5.76. The Morgan fingerprint density at radius 2 is 1.80 bits per heavy atom. The Morgan fingerprint density at radius 1 is 1.08 bits per heavy atom. The van der Waals surface area contributed by atoms with Crippen molar-refractivity contribution < 1.29 is 9.21 Å². The van der Waals surface area contributed by atoms with E-state index in [9.17, 15) is 9.59 Å². The number of benzene rings is 2. The Morgan fingerprint density at radius 3 is 2.56 bits per heavy atom. The number of carbonyl (C=O) groups excluding carboxylic acids is 1. The smallest absolute Gasteiger partial charge is 0.408 e. The van der Waals surface area contributed by atoms with Gasteiger partial charge in [0, 0.05) is 20.0 Å². The quantitative estimate of drug-likeness (QED) is 0.752. The van der Waals surface area contributed by atoms with E-state index in [0.717, 1.165) is 17.5 Å². The molecular formula is C20H22N2O3. The third kappa shape index (κ3) is 4.18. The van der Waals surface area contributed by atoms with Crippen molar-refractivity contribution in [2.45, 2.75) is 26.2 Å². The lowest BCUT2D eigenvalue weighted by Crippen LogP contribution is -2.25. The molecular weight excluding hydrogens is 316 g/mol. The molecule has 0 aliphatic carbocycles. The van der Waals surface area contributed by atoms with Crippen molar-refractivity contribution in [1.82, 2.24) is 9.88 Å². The van der Waals surface area contributed by atoms with Gasteiger partial charge in [-0.25, -0.2) is 4.79 Å². The Bertz CT molecular complexity index is 936. The fraction of sp³-hybridized carbons (Fsp3) is 0.300. The van der Waals surface area contributed by atoms with Gasteiger partial charge in [-0.3, -0.25) is 9.36 Å². The van der Waals surface area contributed by atoms with Gasteiger partial charge < -0.3 is 9.73 Å². The molecule has 0 aliphatic heterocycles. The van der Waals surface area contributed by atoms with Crippen LogP contribution >= 0.6 is 0 Å². The molecule has 0 unspecified atom stereocenters. The predicted octanol–water partition coefficient (Wildman–Crippen LogP) is 2.73. The highest BCUT2D eigenvalue weighted by atomic mass is 16.4. The summed E-state index contributed by atoms with van der Waals surface area (Å²) in [6.07, 6.45) is 1.92. The number of fused-ring (bicyclic) bond motifs is 1. The van der Waals surface area contributed by atoms with Crippen molar-refractivity contribution in [1.29, 1.82) is 0 Å². The first-order valence-electron chi connectivity index (χ1n) is 8.43. The molecule has 1 N–H and O–H groups in total. The molecule has 25 heavy (non-hydrogen) atoms. The van der Waals surface area contributed by atoms with E-state index in [1.807, 2.05) is 18.2 Å². The Kier molecular flexibility index (Phi) is 5.03. The Labute approximate surface area is 146 Å². The maximum Gasteiger partial charge on any atom is 0.419 e. The zero-order valence-corrected chi connectivity index (χ0v) is 14.5. The summed E-state index contributed by atoms with van der Waals surface area (Å²) in [6, 6.07) is 13.9. The summed E-state index contributed by atoms with van der Waals surface area (Å²) < 4.78 is 6.66. The summed E-state index contributed by atoms with van der Waals surface area (Å²) in [4.78, 5) is 23.5. The number of amides is 1. The molecule has 1 heterocycles. The van der Waals surface area contributed by atoms with E-state index in [0.29, 0.717) is 25.0 Å². The summed E-state index contributed by atoms with van der Waals surface area (Å²) in [5.41, 5.74) is 4.77. The lowest BCUT2D eigenvalue weighted by molar-refractivity contribution is -0.121. The van der Waals surface area contributed by atoms with Gasteiger partial charge in [0.2, 0.25) is 5.91 Å². The van der Waals surface area contributed by atoms with Crippen LogP contribution in [0.15, 0.2) is 51.7 Å². The van der Waals surface area contributed by atoms with E-state index in [4.69, 9.17) is 4.42 Å². The van der Waals surface area contributed by atoms with Crippen LogP contribution in [0.5, 0.6) is 0 Å². The summed E-state index contributed by atoms with van der Waals surface area (Å²) in [7, 11) is 1.68. The number of aromatic nitrogens is 1. The molecule has 3 rings (SSSR count). The van der Waals surface area contributed by atoms with E-state index < -0.39 is 0 Å². The highest BCUT2D eigenvalue weighted by Crippen LogP contribution is 2.14. The molecule has 0 fully saturated rings. The van der Waals surface area contributed by atoms with Crippen molar-refractivity contribution in [2.75, 3.05) is 6.54 Å². The monoisotopic (exact) mass is 338 g/mol. The molecule has 2 aromatic carbocycles. The number of nitrogens with one attached hydrogen (secondary N) is 1. The molecule has 0 atom stereocenters. The highest BCUT2D eigenvalue weighted by Gasteiger charge is 2.07. The van der Waals surface area contributed by atoms with Gasteiger partial charge in [-0.2, -0.15) is 0 Å². The van der Waals surface area contributed by atoms with Gasteiger partial charge in [-0.15, -0.1) is 0 Å². The van der Waals surface area contributed by atoms with Gasteiger partial charge in [-0.05, 0) is 43.0 Å². The lowest BCUT2D eigenvalue weighted by atomic mass is 10.1. The molecule has 0 spiro atoms. The fourth-order valence-corrected chi connectivity index (χ4v) is 2.78. The molecule has 0 saturated heterocycles. The van der Waals surface area contributed by atoms with Crippen molar-refractivity contribution in [2.24, 2.45) is 7.05 Å². The standard InChI is InChI=1S/C20H22N2O3/c1-14-3-5-15(6-4-14)8-10-19(23)21-12-11-16-7-9-17-18(13-16)25-20(24)22(17)2/h3-7,9,13H,8,10-12H2,1-2H3,(H,21,23). The summed E-state index contributed by atoms with van der Waals surface area (Å²) in [5, 5.41) is 2.94. The Balaban J connectivity index is 1.48. The van der Waals surface area contributed by atoms with Crippen molar-refractivity contribution in [3.8, 4) is 0 Å². The molecule has 3 aromatic rings. The second kappa shape index (κ2) is 7.38. The number of nitrogens with zero attached hydrogens (tertiary/aromatic N) is 1. The van der Waals surface area contributed by atoms with Crippen LogP contribution in [-0.2, 0) is 24.7 Å². The van der Waals surface area contributed by atoms with Crippen LogP contribution in [0.1, 0.15) is 23.1 Å². The number of hydrogen-bond acceptors (Lipinski definition) is 3. The van der Waals surface area contributed by atoms with E-state index in [2.05, 4.69) is 36.5 Å². The molecule has 5 heteroatoms. The molecule has 1 aromatic heterocycles. The van der Waals surface area contributed by atoms with Crippen LogP contribution in [-0.4, -0.2) is 17.0 Å². The third-order valence-corrected chi connectivity index (χ3v) is 4.35. The second-order valence-electron chi connectivity index (χ2n) is 6.31. The summed E-state index contributed by atoms with van der Waals surface area (Å²) in [5.74, 6) is -0.315. The molecule has 1 amide bonds. The van der Waals surface area contributed by atoms with Gasteiger partial charge in [0.25, 0.3) is 0 Å². The fourth-order valence-electron chi connectivity index (χ4n) is 2.78. The minimum absolute atomic E-state index is 0.0490. The number of rotatable bonds is 6. The lowest BCUT2D eigenvalue weighted by Gasteiger charge is -2.06. The van der Waals surface area contributed by atoms with Crippen LogP contribution in [0.4, 0.5) is 0 Å². The number of oxazole rings is 1. The molecule has 5 nitrogen and oxygen atoms in total. The van der Waals surface area contributed by atoms with Gasteiger partial charge >= 0.3 is 5.76 Å². The van der Waals surface area contributed by atoms with E-state index in [1.54, 1.807) is 7.05 Å². The van der Waals surface area contributed by atoms with Crippen LogP contribution in [0.3, 0.4) is 0 Å². The van der Waals surface area contributed by atoms with Crippen LogP contribution in [0.25, 0.3) is 11.1 Å². The average molecular weight is 338 g/mol. The summed E-state index contributed by atoms with van der Waals surface area (Å²) >= 11 is 0. The SMILES string of the molecule is Cc1ccc(CCC(=O)NCCc2ccc3c(c2)oc(=O)n3C)cc1. The third-order valence-electron chi connectivity index (χ3n) is 4.35. The van der Waals surface area contributed by atoms with E-state index in [-0.39, 0.29) is 11.7 Å².